The molecular weight excluding hydrogens is 391 g/mol. The summed E-state index contributed by atoms with van der Waals surface area (Å²) in [5.74, 6) is 1.72. The largest absolute Gasteiger partial charge is 0.352 e. The Morgan fingerprint density at radius 2 is 1.73 bits per heavy atom. The molecule has 1 amide bonds. The van der Waals surface area contributed by atoms with Crippen LogP contribution in [-0.4, -0.2) is 35.3 Å². The molecule has 2 saturated carbocycles. The molecule has 2 atom stereocenters. The second kappa shape index (κ2) is 9.98. The van der Waals surface area contributed by atoms with Gasteiger partial charge in [-0.15, -0.1) is 24.2 Å². The van der Waals surface area contributed by atoms with Gasteiger partial charge in [0.05, 0.1) is 11.5 Å². The molecule has 0 radical (unpaired) electrons. The van der Waals surface area contributed by atoms with Crippen LogP contribution in [-0.2, 0) is 4.79 Å². The van der Waals surface area contributed by atoms with E-state index in [1.54, 1.807) is 24.3 Å². The summed E-state index contributed by atoms with van der Waals surface area (Å²) >= 11 is 7.19. The summed E-state index contributed by atoms with van der Waals surface area (Å²) in [5, 5.41) is 3.83. The number of hydrogen-bond acceptors (Lipinski definition) is 4. The Balaban J connectivity index is 0.00000243. The van der Waals surface area contributed by atoms with Crippen molar-refractivity contribution in [2.45, 2.75) is 44.2 Å². The van der Waals surface area contributed by atoms with Gasteiger partial charge in [0.2, 0.25) is 5.91 Å². The molecule has 3 rings (SSSR count). The Morgan fingerprint density at radius 3 is 2.35 bits per heavy atom. The Bertz CT molecular complexity index is 612. The number of fused-ring (bicyclic) bond motifs is 2. The number of carbonyl (C=O) groups excluding carboxylic acids is 2. The maximum Gasteiger partial charge on any atom is 0.230 e. The molecule has 0 spiro atoms. The summed E-state index contributed by atoms with van der Waals surface area (Å²) in [4.78, 5) is 24.4. The number of nitrogens with two attached hydrogens (primary N) is 1. The number of rotatable bonds is 6. The molecule has 1 aromatic carbocycles. The first-order valence-electron chi connectivity index (χ1n) is 8.94. The number of halogens is 2. The molecule has 2 aliphatic rings. The van der Waals surface area contributed by atoms with Gasteiger partial charge in [-0.25, -0.2) is 0 Å². The van der Waals surface area contributed by atoms with Crippen molar-refractivity contribution in [3.63, 3.8) is 0 Å². The van der Waals surface area contributed by atoms with E-state index in [0.29, 0.717) is 33.9 Å². The van der Waals surface area contributed by atoms with Crippen LogP contribution in [0.15, 0.2) is 24.3 Å². The van der Waals surface area contributed by atoms with Crippen molar-refractivity contribution in [3.05, 3.63) is 34.9 Å². The minimum atomic E-state index is 0. The topological polar surface area (TPSA) is 72.2 Å². The highest BCUT2D eigenvalue weighted by molar-refractivity contribution is 8.00. The molecule has 2 bridgehead atoms. The van der Waals surface area contributed by atoms with Crippen molar-refractivity contribution in [2.24, 2.45) is 17.6 Å². The minimum absolute atomic E-state index is 0. The predicted molar refractivity (Wildman–Crippen MR) is 110 cm³/mol. The summed E-state index contributed by atoms with van der Waals surface area (Å²) < 4.78 is 0. The Labute approximate surface area is 170 Å². The summed E-state index contributed by atoms with van der Waals surface area (Å²) in [6.07, 6.45) is 5.61. The lowest BCUT2D eigenvalue weighted by molar-refractivity contribution is -0.120. The number of amides is 1. The summed E-state index contributed by atoms with van der Waals surface area (Å²) in [6.45, 7) is 0. The quantitative estimate of drug-likeness (QED) is 0.693. The maximum absolute atomic E-state index is 12.3. The highest BCUT2D eigenvalue weighted by Gasteiger charge is 2.39. The van der Waals surface area contributed by atoms with Crippen molar-refractivity contribution in [2.75, 3.05) is 11.5 Å². The standard InChI is InChI=1S/C19H25ClN2O2S.ClH/c20-15-6-4-12(5-7-15)17(23)10-25-11-18(24)22-19-13-2-1-3-14(19)9-16(21)8-13;/h4-7,13-14,16,19H,1-3,8-11,21H2,(H,22,24);1H. The average Bonchev–Trinajstić information content (AvgIpc) is 2.56. The molecule has 4 nitrogen and oxygen atoms in total. The number of ketones is 1. The van der Waals surface area contributed by atoms with E-state index < -0.39 is 0 Å². The van der Waals surface area contributed by atoms with Crippen molar-refractivity contribution in [1.82, 2.24) is 5.32 Å². The smallest absolute Gasteiger partial charge is 0.230 e. The fraction of sp³-hybridized carbons (Fsp3) is 0.579. The highest BCUT2D eigenvalue weighted by Crippen LogP contribution is 2.39. The van der Waals surface area contributed by atoms with E-state index in [-0.39, 0.29) is 36.2 Å². The SMILES string of the molecule is Cl.NC1CC2CCCC(C1)C2NC(=O)CSCC(=O)c1ccc(Cl)cc1. The van der Waals surface area contributed by atoms with E-state index in [9.17, 15) is 9.59 Å². The number of carbonyl (C=O) groups is 2. The third-order valence-electron chi connectivity index (χ3n) is 5.34. The van der Waals surface area contributed by atoms with Crippen LogP contribution in [0.5, 0.6) is 0 Å². The molecule has 0 saturated heterocycles. The van der Waals surface area contributed by atoms with Crippen molar-refractivity contribution >= 4 is 47.5 Å². The second-order valence-electron chi connectivity index (χ2n) is 7.20. The van der Waals surface area contributed by atoms with Crippen LogP contribution >= 0.6 is 35.8 Å². The zero-order chi connectivity index (χ0) is 17.8. The maximum atomic E-state index is 12.3. The van der Waals surface area contributed by atoms with E-state index in [0.717, 1.165) is 25.7 Å². The molecule has 0 aliphatic heterocycles. The van der Waals surface area contributed by atoms with Crippen LogP contribution in [0, 0.1) is 11.8 Å². The third kappa shape index (κ3) is 5.62. The zero-order valence-corrected chi connectivity index (χ0v) is 17.0. The molecule has 0 heterocycles. The van der Waals surface area contributed by atoms with Gasteiger partial charge < -0.3 is 11.1 Å². The molecule has 0 aromatic heterocycles. The van der Waals surface area contributed by atoms with Crippen LogP contribution in [0.2, 0.25) is 5.02 Å². The molecule has 7 heteroatoms. The Kier molecular flexibility index (Phi) is 8.27. The molecule has 2 unspecified atom stereocenters. The van der Waals surface area contributed by atoms with Crippen LogP contribution in [0.25, 0.3) is 0 Å². The van der Waals surface area contributed by atoms with Crippen LogP contribution in [0.4, 0.5) is 0 Å². The van der Waals surface area contributed by atoms with Gasteiger partial charge in [-0.1, -0.05) is 18.0 Å². The lowest BCUT2D eigenvalue weighted by atomic mass is 9.67. The molecule has 3 N–H and O–H groups in total. The van der Waals surface area contributed by atoms with E-state index in [1.165, 1.54) is 18.2 Å². The first-order valence-corrected chi connectivity index (χ1v) is 10.5. The number of Topliss-reactive ketones (excluding diaryl/α,β-unsaturated/α-hetero) is 1. The third-order valence-corrected chi connectivity index (χ3v) is 6.52. The normalized spacial score (nSPS) is 27.3. The van der Waals surface area contributed by atoms with Gasteiger partial charge in [0.1, 0.15) is 0 Å². The van der Waals surface area contributed by atoms with Gasteiger partial charge in [0, 0.05) is 22.7 Å². The minimum Gasteiger partial charge on any atom is -0.352 e. The molecule has 2 fully saturated rings. The van der Waals surface area contributed by atoms with E-state index in [4.69, 9.17) is 17.3 Å². The lowest BCUT2D eigenvalue weighted by Crippen LogP contribution is -2.54. The number of thioether (sulfide) groups is 1. The number of benzene rings is 1. The van der Waals surface area contributed by atoms with E-state index in [2.05, 4.69) is 5.32 Å². The van der Waals surface area contributed by atoms with Crippen LogP contribution < -0.4 is 11.1 Å². The fourth-order valence-electron chi connectivity index (χ4n) is 4.21. The van der Waals surface area contributed by atoms with Gasteiger partial charge in [0.15, 0.2) is 5.78 Å². The molecule has 2 aliphatic carbocycles. The molecule has 144 valence electrons. The summed E-state index contributed by atoms with van der Waals surface area (Å²) in [5.41, 5.74) is 6.77. The summed E-state index contributed by atoms with van der Waals surface area (Å²) in [7, 11) is 0. The van der Waals surface area contributed by atoms with Gasteiger partial charge in [0.25, 0.3) is 0 Å². The van der Waals surface area contributed by atoms with Crippen molar-refractivity contribution in [1.29, 1.82) is 0 Å². The molecule has 1 aromatic rings. The van der Waals surface area contributed by atoms with Crippen LogP contribution in [0.3, 0.4) is 0 Å². The van der Waals surface area contributed by atoms with Gasteiger partial charge in [-0.05, 0) is 61.8 Å². The Morgan fingerprint density at radius 1 is 1.12 bits per heavy atom. The van der Waals surface area contributed by atoms with Crippen molar-refractivity contribution in [3.8, 4) is 0 Å². The van der Waals surface area contributed by atoms with Crippen molar-refractivity contribution < 1.29 is 9.59 Å². The van der Waals surface area contributed by atoms with E-state index in [1.807, 2.05) is 0 Å². The number of hydrogen-bond donors (Lipinski definition) is 2. The van der Waals surface area contributed by atoms with Gasteiger partial charge in [-0.2, -0.15) is 0 Å². The highest BCUT2D eigenvalue weighted by atomic mass is 35.5. The molecular formula is C19H26Cl2N2O2S. The number of nitrogens with one attached hydrogen (secondary N) is 1. The monoisotopic (exact) mass is 416 g/mol. The van der Waals surface area contributed by atoms with Gasteiger partial charge >= 0.3 is 0 Å². The predicted octanol–water partition coefficient (Wildman–Crippen LogP) is 3.70. The molecule has 26 heavy (non-hydrogen) atoms. The first kappa shape index (κ1) is 21.5. The van der Waals surface area contributed by atoms with Gasteiger partial charge in [-0.3, -0.25) is 9.59 Å². The second-order valence-corrected chi connectivity index (χ2v) is 8.62. The van der Waals surface area contributed by atoms with Crippen LogP contribution in [0.1, 0.15) is 42.5 Å². The fourth-order valence-corrected chi connectivity index (χ4v) is 5.06. The zero-order valence-electron chi connectivity index (χ0n) is 14.7. The lowest BCUT2D eigenvalue weighted by Gasteiger charge is -2.45. The van der Waals surface area contributed by atoms with E-state index >= 15 is 0 Å². The summed E-state index contributed by atoms with van der Waals surface area (Å²) in [6, 6.07) is 7.41. The Hall–Kier alpha value is -0.750. The first-order chi connectivity index (χ1) is 12.0. The average molecular weight is 417 g/mol.